The van der Waals surface area contributed by atoms with Crippen LogP contribution in [0.15, 0.2) is 23.4 Å². The van der Waals surface area contributed by atoms with Crippen LogP contribution >= 0.6 is 11.8 Å². The topological polar surface area (TPSA) is 48.1 Å². The Kier molecular flexibility index (Phi) is 3.26. The summed E-state index contributed by atoms with van der Waals surface area (Å²) in [5.74, 6) is 0.960. The molecule has 0 aliphatic carbocycles. The molecule has 14 heavy (non-hydrogen) atoms. The monoisotopic (exact) mass is 210 g/mol. The molecule has 0 bridgehead atoms. The van der Waals surface area contributed by atoms with E-state index in [0.29, 0.717) is 6.10 Å². The van der Waals surface area contributed by atoms with Crippen LogP contribution < -0.4 is 5.73 Å². The van der Waals surface area contributed by atoms with E-state index in [-0.39, 0.29) is 0 Å². The van der Waals surface area contributed by atoms with Gasteiger partial charge < -0.3 is 10.5 Å². The number of pyridine rings is 1. The summed E-state index contributed by atoms with van der Waals surface area (Å²) in [6.07, 6.45) is 4.51. The van der Waals surface area contributed by atoms with Gasteiger partial charge in [0.05, 0.1) is 11.8 Å². The number of nitrogens with two attached hydrogens (primary N) is 1. The molecular formula is C10H14N2OS. The molecule has 0 saturated carbocycles. The van der Waals surface area contributed by atoms with Crippen molar-refractivity contribution in [1.82, 2.24) is 4.98 Å². The second-order valence-electron chi connectivity index (χ2n) is 3.34. The number of anilines is 1. The van der Waals surface area contributed by atoms with E-state index in [0.717, 1.165) is 23.1 Å². The first kappa shape index (κ1) is 9.80. The quantitative estimate of drug-likeness (QED) is 0.774. The number of ether oxygens (including phenoxy) is 1. The number of nitrogen functional groups attached to an aromatic ring is 1. The van der Waals surface area contributed by atoms with E-state index in [1.54, 1.807) is 18.0 Å². The fourth-order valence-electron chi connectivity index (χ4n) is 1.47. The molecule has 2 N–H and O–H groups in total. The minimum Gasteiger partial charge on any atom is -0.397 e. The van der Waals surface area contributed by atoms with Gasteiger partial charge >= 0.3 is 0 Å². The molecule has 0 amide bonds. The summed E-state index contributed by atoms with van der Waals surface area (Å²) in [4.78, 5) is 4.22. The first-order valence-corrected chi connectivity index (χ1v) is 5.80. The maximum atomic E-state index is 5.78. The Morgan fingerprint density at radius 1 is 1.64 bits per heavy atom. The van der Waals surface area contributed by atoms with Crippen molar-refractivity contribution in [1.29, 1.82) is 0 Å². The Bertz CT molecular complexity index is 300. The molecule has 0 aromatic carbocycles. The molecule has 2 heterocycles. The van der Waals surface area contributed by atoms with E-state index in [4.69, 9.17) is 10.5 Å². The summed E-state index contributed by atoms with van der Waals surface area (Å²) in [6, 6.07) is 3.73. The van der Waals surface area contributed by atoms with Crippen LogP contribution in [0.3, 0.4) is 0 Å². The van der Waals surface area contributed by atoms with Crippen LogP contribution in [-0.4, -0.2) is 23.4 Å². The van der Waals surface area contributed by atoms with Crippen LogP contribution in [0, 0.1) is 0 Å². The third-order valence-corrected chi connectivity index (χ3v) is 3.38. The van der Waals surface area contributed by atoms with Gasteiger partial charge in [-0.3, -0.25) is 0 Å². The number of thioether (sulfide) groups is 1. The fraction of sp³-hybridized carbons (Fsp3) is 0.500. The minimum atomic E-state index is 0.390. The van der Waals surface area contributed by atoms with Crippen LogP contribution in [0.4, 0.5) is 5.69 Å². The third kappa shape index (κ3) is 2.39. The average molecular weight is 210 g/mol. The lowest BCUT2D eigenvalue weighted by Gasteiger charge is -2.08. The normalized spacial score (nSPS) is 21.3. The smallest absolute Gasteiger partial charge is 0.119 e. The van der Waals surface area contributed by atoms with Crippen molar-refractivity contribution in [2.75, 3.05) is 18.1 Å². The second kappa shape index (κ2) is 4.66. The molecule has 1 saturated heterocycles. The highest BCUT2D eigenvalue weighted by Gasteiger charge is 2.16. The molecule has 0 spiro atoms. The number of rotatable bonds is 3. The Morgan fingerprint density at radius 2 is 2.57 bits per heavy atom. The second-order valence-corrected chi connectivity index (χ2v) is 4.35. The zero-order valence-corrected chi connectivity index (χ0v) is 8.80. The Hall–Kier alpha value is -0.740. The lowest BCUT2D eigenvalue weighted by atomic mass is 10.3. The van der Waals surface area contributed by atoms with Gasteiger partial charge in [-0.1, -0.05) is 0 Å². The number of hydrogen-bond donors (Lipinski definition) is 1. The van der Waals surface area contributed by atoms with Gasteiger partial charge in [-0.25, -0.2) is 4.98 Å². The Labute approximate surface area is 88.0 Å². The van der Waals surface area contributed by atoms with Gasteiger partial charge in [0.1, 0.15) is 5.03 Å². The zero-order valence-electron chi connectivity index (χ0n) is 7.98. The van der Waals surface area contributed by atoms with Crippen LogP contribution in [0.1, 0.15) is 12.8 Å². The lowest BCUT2D eigenvalue weighted by Crippen LogP contribution is -2.08. The van der Waals surface area contributed by atoms with E-state index in [2.05, 4.69) is 4.98 Å². The molecule has 76 valence electrons. The molecule has 2 rings (SSSR count). The van der Waals surface area contributed by atoms with Crippen molar-refractivity contribution in [3.05, 3.63) is 18.3 Å². The molecule has 1 aliphatic rings. The summed E-state index contributed by atoms with van der Waals surface area (Å²) >= 11 is 1.68. The Balaban J connectivity index is 1.88. The van der Waals surface area contributed by atoms with Crippen LogP contribution in [-0.2, 0) is 4.74 Å². The van der Waals surface area contributed by atoms with Crippen LogP contribution in [0.5, 0.6) is 0 Å². The predicted octanol–water partition coefficient (Wildman–Crippen LogP) is 1.93. The van der Waals surface area contributed by atoms with Crippen molar-refractivity contribution in [2.45, 2.75) is 24.0 Å². The molecule has 1 aliphatic heterocycles. The summed E-state index contributed by atoms with van der Waals surface area (Å²) in [5.41, 5.74) is 6.54. The van der Waals surface area contributed by atoms with Gasteiger partial charge in [-0.05, 0) is 25.0 Å². The van der Waals surface area contributed by atoms with Gasteiger partial charge in [-0.2, -0.15) is 0 Å². The highest BCUT2D eigenvalue weighted by atomic mass is 32.2. The standard InChI is InChI=1S/C10H14N2OS/c11-9-4-1-5-12-10(9)14-7-8-3-2-6-13-8/h1,4-5,8H,2-3,6-7,11H2. The lowest BCUT2D eigenvalue weighted by molar-refractivity contribution is 0.129. The van der Waals surface area contributed by atoms with Gasteiger partial charge in [-0.15, -0.1) is 11.8 Å². The Morgan fingerprint density at radius 3 is 3.29 bits per heavy atom. The summed E-state index contributed by atoms with van der Waals surface area (Å²) in [7, 11) is 0. The summed E-state index contributed by atoms with van der Waals surface area (Å²) in [6.45, 7) is 0.906. The number of nitrogens with zero attached hydrogens (tertiary/aromatic N) is 1. The molecule has 1 aromatic rings. The van der Waals surface area contributed by atoms with E-state index >= 15 is 0 Å². The minimum absolute atomic E-state index is 0.390. The van der Waals surface area contributed by atoms with Crippen molar-refractivity contribution < 1.29 is 4.74 Å². The van der Waals surface area contributed by atoms with Gasteiger partial charge in [0.25, 0.3) is 0 Å². The van der Waals surface area contributed by atoms with E-state index in [1.165, 1.54) is 12.8 Å². The van der Waals surface area contributed by atoms with Gasteiger partial charge in [0.15, 0.2) is 0 Å². The van der Waals surface area contributed by atoms with Crippen molar-refractivity contribution in [3.8, 4) is 0 Å². The first-order chi connectivity index (χ1) is 6.86. The first-order valence-electron chi connectivity index (χ1n) is 4.81. The van der Waals surface area contributed by atoms with Gasteiger partial charge in [0.2, 0.25) is 0 Å². The fourth-order valence-corrected chi connectivity index (χ4v) is 2.45. The van der Waals surface area contributed by atoms with E-state index in [9.17, 15) is 0 Å². The molecule has 4 heteroatoms. The SMILES string of the molecule is Nc1cccnc1SCC1CCCO1. The third-order valence-electron chi connectivity index (χ3n) is 2.23. The summed E-state index contributed by atoms with van der Waals surface area (Å²) < 4.78 is 5.53. The number of aromatic nitrogens is 1. The van der Waals surface area contributed by atoms with Crippen molar-refractivity contribution >= 4 is 17.4 Å². The molecule has 1 fully saturated rings. The molecule has 1 atom stereocenters. The molecule has 3 nitrogen and oxygen atoms in total. The molecule has 1 unspecified atom stereocenters. The molecule has 1 aromatic heterocycles. The summed E-state index contributed by atoms with van der Waals surface area (Å²) in [5, 5.41) is 0.919. The van der Waals surface area contributed by atoms with Gasteiger partial charge in [0, 0.05) is 18.6 Å². The van der Waals surface area contributed by atoms with Crippen LogP contribution in [0.25, 0.3) is 0 Å². The predicted molar refractivity (Wildman–Crippen MR) is 58.3 cm³/mol. The maximum absolute atomic E-state index is 5.78. The molecule has 0 radical (unpaired) electrons. The van der Waals surface area contributed by atoms with E-state index < -0.39 is 0 Å². The van der Waals surface area contributed by atoms with Crippen molar-refractivity contribution in [2.24, 2.45) is 0 Å². The highest BCUT2D eigenvalue weighted by Crippen LogP contribution is 2.25. The number of hydrogen-bond acceptors (Lipinski definition) is 4. The maximum Gasteiger partial charge on any atom is 0.119 e. The van der Waals surface area contributed by atoms with E-state index in [1.807, 2.05) is 12.1 Å². The molecular weight excluding hydrogens is 196 g/mol. The van der Waals surface area contributed by atoms with Crippen molar-refractivity contribution in [3.63, 3.8) is 0 Å². The zero-order chi connectivity index (χ0) is 9.80. The highest BCUT2D eigenvalue weighted by molar-refractivity contribution is 7.99. The van der Waals surface area contributed by atoms with Crippen LogP contribution in [0.2, 0.25) is 0 Å². The largest absolute Gasteiger partial charge is 0.397 e. The average Bonchev–Trinajstić information content (AvgIpc) is 2.69.